The van der Waals surface area contributed by atoms with E-state index in [0.29, 0.717) is 22.8 Å². The van der Waals surface area contributed by atoms with Gasteiger partial charge in [0.1, 0.15) is 5.75 Å². The Morgan fingerprint density at radius 3 is 2.69 bits per heavy atom. The fraction of sp³-hybridized carbons (Fsp3) is 0.167. The predicted octanol–water partition coefficient (Wildman–Crippen LogP) is 3.64. The highest BCUT2D eigenvalue weighted by Gasteiger charge is 2.15. The summed E-state index contributed by atoms with van der Waals surface area (Å²) in [7, 11) is 1.33. The molecule has 0 spiro atoms. The average molecular weight is 364 g/mol. The second-order valence-corrected chi connectivity index (χ2v) is 5.06. The molecule has 136 valence electrons. The molecule has 0 N–H and O–H groups in total. The van der Waals surface area contributed by atoms with Crippen molar-refractivity contribution in [3.8, 4) is 28.7 Å². The molecular weight excluding hydrogens is 350 g/mol. The van der Waals surface area contributed by atoms with E-state index in [1.165, 1.54) is 37.5 Å². The van der Waals surface area contributed by atoms with Crippen molar-refractivity contribution < 1.29 is 37.3 Å². The number of hydrogen-bond donors (Lipinski definition) is 0. The summed E-state index contributed by atoms with van der Waals surface area (Å²) in [6.07, 6.45) is 2.66. The largest absolute Gasteiger partial charge is 0.493 e. The number of methoxy groups -OCH3 is 1. The lowest BCUT2D eigenvalue weighted by molar-refractivity contribution is -0.128. The molecule has 0 bridgehead atoms. The Balaban J connectivity index is 1.66. The van der Waals surface area contributed by atoms with Gasteiger partial charge in [-0.15, -0.1) is 0 Å². The topological polar surface area (TPSA) is 63.2 Å². The van der Waals surface area contributed by atoms with Gasteiger partial charge in [-0.2, -0.15) is 8.78 Å². The van der Waals surface area contributed by atoms with Crippen molar-refractivity contribution in [1.82, 2.24) is 0 Å². The third kappa shape index (κ3) is 4.21. The number of alkyl halides is 2. The molecule has 0 amide bonds. The molecule has 0 saturated heterocycles. The zero-order valence-electron chi connectivity index (χ0n) is 13.6. The first-order chi connectivity index (χ1) is 12.5. The molecule has 0 radical (unpaired) electrons. The van der Waals surface area contributed by atoms with Crippen molar-refractivity contribution in [3.63, 3.8) is 0 Å². The van der Waals surface area contributed by atoms with Crippen LogP contribution in [0.4, 0.5) is 8.78 Å². The second-order valence-electron chi connectivity index (χ2n) is 5.06. The number of carbonyl (C=O) groups excluding carboxylic acids is 1. The van der Waals surface area contributed by atoms with Gasteiger partial charge in [-0.25, -0.2) is 4.79 Å². The standard InChI is InChI=1S/C18H14F2O6/c1-22-15-8-11(2-5-14(15)26-18(19)20)3-7-17(21)25-12-4-6-13-16(9-12)24-10-23-13/h2-9,18H,10H2,1H3/b7-3+. The minimum absolute atomic E-state index is 0.0948. The lowest BCUT2D eigenvalue weighted by atomic mass is 10.2. The highest BCUT2D eigenvalue weighted by molar-refractivity contribution is 5.88. The third-order valence-electron chi connectivity index (χ3n) is 3.38. The van der Waals surface area contributed by atoms with E-state index in [-0.39, 0.29) is 18.3 Å². The van der Waals surface area contributed by atoms with E-state index in [2.05, 4.69) is 4.74 Å². The van der Waals surface area contributed by atoms with Crippen molar-refractivity contribution in [3.05, 3.63) is 48.0 Å². The maximum absolute atomic E-state index is 12.3. The van der Waals surface area contributed by atoms with Crippen molar-refractivity contribution in [2.24, 2.45) is 0 Å². The number of carbonyl (C=O) groups is 1. The summed E-state index contributed by atoms with van der Waals surface area (Å²) in [5.41, 5.74) is 0.547. The number of benzene rings is 2. The Kier molecular flexibility index (Phi) is 5.21. The van der Waals surface area contributed by atoms with Gasteiger partial charge in [0.05, 0.1) is 7.11 Å². The number of esters is 1. The van der Waals surface area contributed by atoms with Gasteiger partial charge in [-0.3, -0.25) is 0 Å². The first-order valence-corrected chi connectivity index (χ1v) is 7.47. The van der Waals surface area contributed by atoms with Crippen LogP contribution in [0.25, 0.3) is 6.08 Å². The summed E-state index contributed by atoms with van der Waals surface area (Å²) >= 11 is 0. The average Bonchev–Trinajstić information content (AvgIpc) is 3.08. The van der Waals surface area contributed by atoms with Gasteiger partial charge in [0.25, 0.3) is 0 Å². The number of ether oxygens (including phenoxy) is 5. The van der Waals surface area contributed by atoms with Crippen molar-refractivity contribution in [1.29, 1.82) is 0 Å². The summed E-state index contributed by atoms with van der Waals surface area (Å²) in [4.78, 5) is 11.9. The van der Waals surface area contributed by atoms with E-state index < -0.39 is 12.6 Å². The molecular formula is C18H14F2O6. The molecule has 8 heteroatoms. The Morgan fingerprint density at radius 2 is 1.92 bits per heavy atom. The Labute approximate surface area is 147 Å². The lowest BCUT2D eigenvalue weighted by Crippen LogP contribution is -2.04. The Morgan fingerprint density at radius 1 is 1.12 bits per heavy atom. The molecule has 1 aliphatic rings. The third-order valence-corrected chi connectivity index (χ3v) is 3.38. The summed E-state index contributed by atoms with van der Waals surface area (Å²) in [6, 6.07) is 9.06. The van der Waals surface area contributed by atoms with Crippen LogP contribution in [0, 0.1) is 0 Å². The van der Waals surface area contributed by atoms with Crippen molar-refractivity contribution in [2.45, 2.75) is 6.61 Å². The molecule has 2 aromatic carbocycles. The maximum Gasteiger partial charge on any atom is 0.387 e. The van der Waals surface area contributed by atoms with E-state index in [9.17, 15) is 13.6 Å². The van der Waals surface area contributed by atoms with E-state index in [1.807, 2.05) is 0 Å². The van der Waals surface area contributed by atoms with Crippen LogP contribution < -0.4 is 23.7 Å². The van der Waals surface area contributed by atoms with Crippen LogP contribution in [0.2, 0.25) is 0 Å². The van der Waals surface area contributed by atoms with Crippen molar-refractivity contribution in [2.75, 3.05) is 13.9 Å². The number of fused-ring (bicyclic) bond motifs is 1. The number of halogens is 2. The molecule has 0 aromatic heterocycles. The minimum Gasteiger partial charge on any atom is -0.493 e. The molecule has 2 aromatic rings. The van der Waals surface area contributed by atoms with Crippen LogP contribution in [0.3, 0.4) is 0 Å². The summed E-state index contributed by atoms with van der Waals surface area (Å²) in [5, 5.41) is 0. The van der Waals surface area contributed by atoms with E-state index in [1.54, 1.807) is 18.2 Å². The predicted molar refractivity (Wildman–Crippen MR) is 86.9 cm³/mol. The lowest BCUT2D eigenvalue weighted by Gasteiger charge is -2.10. The Bertz CT molecular complexity index is 834. The van der Waals surface area contributed by atoms with Crippen LogP contribution in [-0.4, -0.2) is 26.5 Å². The van der Waals surface area contributed by atoms with Gasteiger partial charge in [-0.1, -0.05) is 6.07 Å². The maximum atomic E-state index is 12.3. The highest BCUT2D eigenvalue weighted by Crippen LogP contribution is 2.35. The highest BCUT2D eigenvalue weighted by atomic mass is 19.3. The molecule has 26 heavy (non-hydrogen) atoms. The molecule has 0 fully saturated rings. The van der Waals surface area contributed by atoms with Crippen LogP contribution >= 0.6 is 0 Å². The molecule has 1 aliphatic heterocycles. The fourth-order valence-electron chi connectivity index (χ4n) is 2.24. The van der Waals surface area contributed by atoms with Gasteiger partial charge >= 0.3 is 12.6 Å². The van der Waals surface area contributed by atoms with Gasteiger partial charge in [0.2, 0.25) is 6.79 Å². The van der Waals surface area contributed by atoms with Gasteiger partial charge in [-0.05, 0) is 35.9 Å². The van der Waals surface area contributed by atoms with Gasteiger partial charge < -0.3 is 23.7 Å². The van der Waals surface area contributed by atoms with E-state index in [4.69, 9.17) is 18.9 Å². The monoisotopic (exact) mass is 364 g/mol. The molecule has 0 saturated carbocycles. The van der Waals surface area contributed by atoms with Gasteiger partial charge in [0.15, 0.2) is 23.0 Å². The van der Waals surface area contributed by atoms with E-state index in [0.717, 1.165) is 0 Å². The molecule has 0 atom stereocenters. The van der Waals surface area contributed by atoms with Crippen LogP contribution in [-0.2, 0) is 4.79 Å². The Hall–Kier alpha value is -3.29. The normalized spacial score (nSPS) is 12.5. The SMILES string of the molecule is COc1cc(/C=C/C(=O)Oc2ccc3c(c2)OCO3)ccc1OC(F)F. The van der Waals surface area contributed by atoms with Crippen LogP contribution in [0.1, 0.15) is 5.56 Å². The van der Waals surface area contributed by atoms with Crippen molar-refractivity contribution >= 4 is 12.0 Å². The zero-order chi connectivity index (χ0) is 18.5. The first-order valence-electron chi connectivity index (χ1n) is 7.47. The smallest absolute Gasteiger partial charge is 0.387 e. The fourth-order valence-corrected chi connectivity index (χ4v) is 2.24. The van der Waals surface area contributed by atoms with Gasteiger partial charge in [0, 0.05) is 12.1 Å². The summed E-state index contributed by atoms with van der Waals surface area (Å²) in [6.45, 7) is -2.83. The van der Waals surface area contributed by atoms with Crippen LogP contribution in [0.15, 0.2) is 42.5 Å². The number of hydrogen-bond acceptors (Lipinski definition) is 6. The summed E-state index contributed by atoms with van der Waals surface area (Å²) < 4.78 is 49.5. The zero-order valence-corrected chi connectivity index (χ0v) is 13.6. The molecule has 0 unspecified atom stereocenters. The molecule has 0 aliphatic carbocycles. The second kappa shape index (κ2) is 7.73. The summed E-state index contributed by atoms with van der Waals surface area (Å²) in [5.74, 6) is 0.800. The van der Waals surface area contributed by atoms with E-state index >= 15 is 0 Å². The first kappa shape index (κ1) is 17.5. The van der Waals surface area contributed by atoms with Crippen LogP contribution in [0.5, 0.6) is 28.7 Å². The molecule has 3 rings (SSSR count). The molecule has 1 heterocycles. The molecule has 6 nitrogen and oxygen atoms in total. The number of rotatable bonds is 6. The minimum atomic E-state index is -2.96. The quantitative estimate of drug-likeness (QED) is 0.443.